The highest BCUT2D eigenvalue weighted by atomic mass is 79.9. The standard InChI is InChI=1S/C10H8BrF2NO4/c11-4-3-8(15)6-1-2-9(18-10(12)13)7(5-6)14(16)17/h1-2,5,10H,3-4H2. The molecule has 0 radical (unpaired) electrons. The van der Waals surface area contributed by atoms with Gasteiger partial charge in [-0.3, -0.25) is 14.9 Å². The second kappa shape index (κ2) is 6.39. The molecule has 0 spiro atoms. The van der Waals surface area contributed by atoms with Crippen LogP contribution in [0.3, 0.4) is 0 Å². The van der Waals surface area contributed by atoms with Gasteiger partial charge in [0.2, 0.25) is 5.75 Å². The van der Waals surface area contributed by atoms with E-state index in [1.807, 2.05) is 0 Å². The summed E-state index contributed by atoms with van der Waals surface area (Å²) in [6.45, 7) is -3.16. The number of carbonyl (C=O) groups excluding carboxylic acids is 1. The van der Waals surface area contributed by atoms with Crippen LogP contribution in [-0.2, 0) is 0 Å². The molecule has 0 N–H and O–H groups in total. The maximum absolute atomic E-state index is 12.0. The summed E-state index contributed by atoms with van der Waals surface area (Å²) in [5, 5.41) is 11.1. The number of carbonyl (C=O) groups is 1. The molecule has 1 aromatic rings. The van der Waals surface area contributed by atoms with Gasteiger partial charge in [0.25, 0.3) is 0 Å². The topological polar surface area (TPSA) is 69.4 Å². The average Bonchev–Trinajstić information content (AvgIpc) is 2.28. The number of halogens is 3. The molecule has 0 heterocycles. The number of nitrogens with zero attached hydrogens (tertiary/aromatic N) is 1. The van der Waals surface area contributed by atoms with Crippen LogP contribution in [0, 0.1) is 10.1 Å². The van der Waals surface area contributed by atoms with Gasteiger partial charge in [0.05, 0.1) is 4.92 Å². The smallest absolute Gasteiger partial charge is 0.387 e. The molecule has 18 heavy (non-hydrogen) atoms. The zero-order valence-electron chi connectivity index (χ0n) is 8.94. The molecule has 0 saturated carbocycles. The molecule has 0 aromatic heterocycles. The quantitative estimate of drug-likeness (QED) is 0.349. The molecular formula is C10H8BrF2NO4. The molecule has 0 bridgehead atoms. The Kier molecular flexibility index (Phi) is 5.14. The van der Waals surface area contributed by atoms with Crippen molar-refractivity contribution in [1.29, 1.82) is 0 Å². The predicted octanol–water partition coefficient (Wildman–Crippen LogP) is 3.16. The van der Waals surface area contributed by atoms with Crippen molar-refractivity contribution in [3.8, 4) is 5.75 Å². The van der Waals surface area contributed by atoms with Crippen molar-refractivity contribution in [2.75, 3.05) is 5.33 Å². The van der Waals surface area contributed by atoms with E-state index < -0.39 is 23.0 Å². The zero-order valence-corrected chi connectivity index (χ0v) is 10.5. The molecule has 0 amide bonds. The van der Waals surface area contributed by atoms with E-state index in [4.69, 9.17) is 0 Å². The Morgan fingerprint density at radius 3 is 2.67 bits per heavy atom. The van der Waals surface area contributed by atoms with Gasteiger partial charge in [-0.25, -0.2) is 0 Å². The van der Waals surface area contributed by atoms with Gasteiger partial charge in [-0.2, -0.15) is 8.78 Å². The van der Waals surface area contributed by atoms with Crippen LogP contribution >= 0.6 is 15.9 Å². The van der Waals surface area contributed by atoms with Crippen molar-refractivity contribution < 1.29 is 23.2 Å². The number of nitro benzene ring substituents is 1. The molecule has 0 atom stereocenters. The summed E-state index contributed by atoms with van der Waals surface area (Å²) in [5.74, 6) is -0.885. The number of alkyl halides is 3. The first-order valence-corrected chi connectivity index (χ1v) is 5.90. The number of hydrogen-bond donors (Lipinski definition) is 0. The summed E-state index contributed by atoms with van der Waals surface area (Å²) < 4.78 is 28.1. The number of Topliss-reactive ketones (excluding diaryl/α,β-unsaturated/α-hetero) is 1. The minimum atomic E-state index is -3.16. The van der Waals surface area contributed by atoms with Gasteiger partial charge in [0.1, 0.15) is 0 Å². The minimum Gasteiger partial charge on any atom is -0.427 e. The summed E-state index contributed by atoms with van der Waals surface area (Å²) in [4.78, 5) is 21.3. The van der Waals surface area contributed by atoms with E-state index in [1.165, 1.54) is 6.07 Å². The maximum Gasteiger partial charge on any atom is 0.387 e. The lowest BCUT2D eigenvalue weighted by Gasteiger charge is -2.06. The van der Waals surface area contributed by atoms with E-state index in [2.05, 4.69) is 20.7 Å². The number of nitro groups is 1. The van der Waals surface area contributed by atoms with Crippen LogP contribution in [0.2, 0.25) is 0 Å². The fourth-order valence-electron chi connectivity index (χ4n) is 1.26. The van der Waals surface area contributed by atoms with Gasteiger partial charge in [-0.05, 0) is 12.1 Å². The molecule has 0 aliphatic heterocycles. The third-order valence-corrected chi connectivity index (χ3v) is 2.41. The average molecular weight is 324 g/mol. The van der Waals surface area contributed by atoms with Crippen molar-refractivity contribution in [1.82, 2.24) is 0 Å². The molecule has 1 aromatic carbocycles. The van der Waals surface area contributed by atoms with Crippen LogP contribution in [0.25, 0.3) is 0 Å². The first-order valence-electron chi connectivity index (χ1n) is 4.78. The van der Waals surface area contributed by atoms with E-state index in [9.17, 15) is 23.7 Å². The highest BCUT2D eigenvalue weighted by molar-refractivity contribution is 9.09. The number of ketones is 1. The lowest BCUT2D eigenvalue weighted by Crippen LogP contribution is -2.06. The van der Waals surface area contributed by atoms with Crippen LogP contribution in [0.4, 0.5) is 14.5 Å². The third-order valence-electron chi connectivity index (χ3n) is 2.02. The Balaban J connectivity index is 3.10. The van der Waals surface area contributed by atoms with Crippen LogP contribution in [0.5, 0.6) is 5.75 Å². The third kappa shape index (κ3) is 3.73. The number of ether oxygens (including phenoxy) is 1. The first kappa shape index (κ1) is 14.5. The van der Waals surface area contributed by atoms with Crippen molar-refractivity contribution >= 4 is 27.4 Å². The molecule has 0 fully saturated rings. The monoisotopic (exact) mass is 323 g/mol. The summed E-state index contributed by atoms with van der Waals surface area (Å²) in [5.41, 5.74) is -0.571. The summed E-state index contributed by atoms with van der Waals surface area (Å²) in [7, 11) is 0. The molecule has 5 nitrogen and oxygen atoms in total. The molecule has 0 aliphatic rings. The van der Waals surface area contributed by atoms with Crippen LogP contribution < -0.4 is 4.74 Å². The van der Waals surface area contributed by atoms with E-state index in [1.54, 1.807) is 0 Å². The molecular weight excluding hydrogens is 316 g/mol. The van der Waals surface area contributed by atoms with Crippen LogP contribution in [0.1, 0.15) is 16.8 Å². The van der Waals surface area contributed by atoms with Crippen molar-refractivity contribution in [2.24, 2.45) is 0 Å². The van der Waals surface area contributed by atoms with Gasteiger partial charge in [-0.1, -0.05) is 15.9 Å². The van der Waals surface area contributed by atoms with Crippen LogP contribution in [0.15, 0.2) is 18.2 Å². The lowest BCUT2D eigenvalue weighted by atomic mass is 10.1. The molecule has 98 valence electrons. The molecule has 0 saturated heterocycles. The Morgan fingerprint density at radius 2 is 2.17 bits per heavy atom. The Labute approximate surface area is 109 Å². The summed E-state index contributed by atoms with van der Waals surface area (Å²) in [6, 6.07) is 3.14. The number of hydrogen-bond acceptors (Lipinski definition) is 4. The second-order valence-corrected chi connectivity index (χ2v) is 3.97. The van der Waals surface area contributed by atoms with Gasteiger partial charge < -0.3 is 4.74 Å². The summed E-state index contributed by atoms with van der Waals surface area (Å²) >= 11 is 3.06. The normalized spacial score (nSPS) is 10.4. The fraction of sp³-hybridized carbons (Fsp3) is 0.300. The van der Waals surface area contributed by atoms with Crippen molar-refractivity contribution in [3.63, 3.8) is 0 Å². The Hall–Kier alpha value is -1.57. The maximum atomic E-state index is 12.0. The molecule has 8 heteroatoms. The van der Waals surface area contributed by atoms with E-state index in [0.717, 1.165) is 12.1 Å². The zero-order chi connectivity index (χ0) is 13.7. The van der Waals surface area contributed by atoms with Gasteiger partial charge in [-0.15, -0.1) is 0 Å². The van der Waals surface area contributed by atoms with Gasteiger partial charge >= 0.3 is 12.3 Å². The predicted molar refractivity (Wildman–Crippen MR) is 62.5 cm³/mol. The molecule has 1 rings (SSSR count). The van der Waals surface area contributed by atoms with Gasteiger partial charge in [0, 0.05) is 23.4 Å². The lowest BCUT2D eigenvalue weighted by molar-refractivity contribution is -0.386. The molecule has 0 unspecified atom stereocenters. The fourth-order valence-corrected chi connectivity index (χ4v) is 1.62. The highest BCUT2D eigenvalue weighted by Crippen LogP contribution is 2.29. The van der Waals surface area contributed by atoms with E-state index >= 15 is 0 Å². The summed E-state index contributed by atoms with van der Waals surface area (Å²) in [6.07, 6.45) is 0.159. The second-order valence-electron chi connectivity index (χ2n) is 3.18. The Bertz CT molecular complexity index is 467. The number of benzene rings is 1. The number of rotatable bonds is 6. The first-order chi connectivity index (χ1) is 8.45. The highest BCUT2D eigenvalue weighted by Gasteiger charge is 2.20. The van der Waals surface area contributed by atoms with E-state index in [0.29, 0.717) is 5.33 Å². The minimum absolute atomic E-state index is 0.0859. The van der Waals surface area contributed by atoms with Crippen molar-refractivity contribution in [2.45, 2.75) is 13.0 Å². The van der Waals surface area contributed by atoms with E-state index in [-0.39, 0.29) is 17.8 Å². The van der Waals surface area contributed by atoms with Crippen LogP contribution in [-0.4, -0.2) is 22.6 Å². The largest absolute Gasteiger partial charge is 0.427 e. The SMILES string of the molecule is O=C(CCBr)c1ccc(OC(F)F)c([N+](=O)[O-])c1. The Morgan fingerprint density at radius 1 is 1.50 bits per heavy atom. The molecule has 0 aliphatic carbocycles. The van der Waals surface area contributed by atoms with Crippen molar-refractivity contribution in [3.05, 3.63) is 33.9 Å². The van der Waals surface area contributed by atoms with Gasteiger partial charge in [0.15, 0.2) is 5.78 Å².